The standard InChI is InChI=1S/C17H23BrN4OSi.C13H18BrIN2OSi.C10H17BN2O2.2CH4/c1-21-10-13(8-20-21)16-11-22(12-23-5-6-24(2,3)4)17-15(16)7-14(18)9-19-17;1-19(2,3)5-4-18-9-17-8-12(15)11-6-10(14)7-16-13(11)17;1-9(2)10(3,4)15-11(14-9)8-6-12-13(5)7-8;;/h7-11H,5-6,12H2,1-4H3;6-8H,4-5,9H2,1-3H3;6-7H,1-5H3;2*1H4. The first-order valence-electron chi connectivity index (χ1n) is 19.4. The Morgan fingerprint density at radius 3 is 1.62 bits per heavy atom. The second kappa shape index (κ2) is 21.5. The summed E-state index contributed by atoms with van der Waals surface area (Å²) in [6.45, 7) is 25.1. The zero-order valence-electron chi connectivity index (χ0n) is 35.9. The zero-order chi connectivity index (χ0) is 42.6. The molecule has 1 aliphatic heterocycles. The number of ether oxygens (including phenoxy) is 2. The van der Waals surface area contributed by atoms with E-state index >= 15 is 0 Å². The van der Waals surface area contributed by atoms with Crippen molar-refractivity contribution in [3.8, 4) is 11.1 Å². The van der Waals surface area contributed by atoms with Crippen molar-refractivity contribution in [3.63, 3.8) is 0 Å². The molecule has 0 aliphatic carbocycles. The molecule has 7 rings (SSSR count). The van der Waals surface area contributed by atoms with Gasteiger partial charge in [-0.05, 0) is 106 Å². The molecule has 7 heterocycles. The van der Waals surface area contributed by atoms with Gasteiger partial charge in [-0.3, -0.25) is 9.36 Å². The van der Waals surface area contributed by atoms with E-state index in [-0.39, 0.29) is 33.2 Å². The molecule has 0 N–H and O–H groups in total. The van der Waals surface area contributed by atoms with Crippen LogP contribution in [0.4, 0.5) is 0 Å². The summed E-state index contributed by atoms with van der Waals surface area (Å²) in [5.74, 6) is 0. The van der Waals surface area contributed by atoms with Crippen molar-refractivity contribution >= 4 is 105 Å². The van der Waals surface area contributed by atoms with Crippen LogP contribution in [0.2, 0.25) is 51.4 Å². The van der Waals surface area contributed by atoms with E-state index in [9.17, 15) is 0 Å². The van der Waals surface area contributed by atoms with Gasteiger partial charge in [0.2, 0.25) is 0 Å². The Hall–Kier alpha value is -2.17. The molecule has 1 saturated heterocycles. The smallest absolute Gasteiger partial charge is 0.399 e. The van der Waals surface area contributed by atoms with Crippen molar-refractivity contribution < 1.29 is 18.8 Å². The molecular weight excluding hydrogens is 1030 g/mol. The van der Waals surface area contributed by atoms with Gasteiger partial charge in [0.1, 0.15) is 24.8 Å². The molecular formula is C42H66BBr2IN8O4Si2. The SMILES string of the molecule is C.C.C[Si](C)(C)CCOCn1cc(I)c2cc(Br)cnc21.Cn1cc(-c2cn(COCC[Si](C)(C)C)c3ncc(Br)cc23)cn1.Cn1cc(B2OC(C)(C)C(C)(C)O2)cn1. The van der Waals surface area contributed by atoms with Gasteiger partial charge in [-0.15, -0.1) is 0 Å². The molecule has 12 nitrogen and oxygen atoms in total. The highest BCUT2D eigenvalue weighted by molar-refractivity contribution is 14.1. The number of nitrogens with zero attached hydrogens (tertiary/aromatic N) is 8. The van der Waals surface area contributed by atoms with E-state index in [1.807, 2.05) is 77.5 Å². The van der Waals surface area contributed by atoms with Crippen LogP contribution in [0.5, 0.6) is 0 Å². The lowest BCUT2D eigenvalue weighted by atomic mass is 9.82. The van der Waals surface area contributed by atoms with Gasteiger partial charge in [0, 0.05) is 127 Å². The lowest BCUT2D eigenvalue weighted by Gasteiger charge is -2.32. The van der Waals surface area contributed by atoms with Crippen molar-refractivity contribution in [1.29, 1.82) is 0 Å². The van der Waals surface area contributed by atoms with Gasteiger partial charge in [0.15, 0.2) is 0 Å². The maximum Gasteiger partial charge on any atom is 0.498 e. The van der Waals surface area contributed by atoms with E-state index in [4.69, 9.17) is 18.8 Å². The molecule has 0 bridgehead atoms. The van der Waals surface area contributed by atoms with E-state index in [1.165, 1.54) is 21.0 Å². The first-order valence-corrected chi connectivity index (χ1v) is 29.5. The molecule has 0 spiro atoms. The molecule has 1 fully saturated rings. The number of rotatable bonds is 12. The maximum absolute atomic E-state index is 5.91. The van der Waals surface area contributed by atoms with E-state index in [0.717, 1.165) is 55.4 Å². The second-order valence-corrected chi connectivity index (χ2v) is 32.4. The Morgan fingerprint density at radius 1 is 0.683 bits per heavy atom. The number of fused-ring (bicyclic) bond motifs is 2. The molecule has 18 heteroatoms. The van der Waals surface area contributed by atoms with Crippen molar-refractivity contribution in [2.45, 2.75) is 119 Å². The fourth-order valence-electron chi connectivity index (χ4n) is 5.86. The predicted molar refractivity (Wildman–Crippen MR) is 270 cm³/mol. The fourth-order valence-corrected chi connectivity index (χ4v) is 8.77. The number of aryl methyl sites for hydroxylation is 2. The van der Waals surface area contributed by atoms with Crippen LogP contribution in [-0.2, 0) is 46.3 Å². The van der Waals surface area contributed by atoms with E-state index in [0.29, 0.717) is 13.5 Å². The molecule has 330 valence electrons. The summed E-state index contributed by atoms with van der Waals surface area (Å²) in [6, 6.07) is 6.56. The maximum atomic E-state index is 5.91. The molecule has 60 heavy (non-hydrogen) atoms. The van der Waals surface area contributed by atoms with Crippen molar-refractivity contribution in [2.75, 3.05) is 13.2 Å². The van der Waals surface area contributed by atoms with Gasteiger partial charge in [-0.25, -0.2) is 9.97 Å². The third kappa shape index (κ3) is 14.2. The molecule has 0 aromatic carbocycles. The molecule has 0 atom stereocenters. The minimum atomic E-state index is -1.07. The van der Waals surface area contributed by atoms with Crippen LogP contribution in [0.1, 0.15) is 42.5 Å². The highest BCUT2D eigenvalue weighted by atomic mass is 127. The third-order valence-corrected chi connectivity index (χ3v) is 15.2. The van der Waals surface area contributed by atoms with Gasteiger partial charge in [-0.2, -0.15) is 10.2 Å². The van der Waals surface area contributed by atoms with E-state index in [1.54, 1.807) is 10.9 Å². The molecule has 6 aromatic heterocycles. The summed E-state index contributed by atoms with van der Waals surface area (Å²) in [6.07, 6.45) is 15.5. The van der Waals surface area contributed by atoms with Crippen LogP contribution < -0.4 is 5.46 Å². The van der Waals surface area contributed by atoms with Crippen LogP contribution in [0, 0.1) is 3.57 Å². The number of pyridine rings is 2. The first kappa shape index (κ1) is 52.2. The quantitative estimate of drug-likeness (QED) is 0.0677. The summed E-state index contributed by atoms with van der Waals surface area (Å²) in [5, 5.41) is 10.7. The van der Waals surface area contributed by atoms with Gasteiger partial charge in [-0.1, -0.05) is 54.1 Å². The lowest BCUT2D eigenvalue weighted by Crippen LogP contribution is -2.41. The molecule has 0 unspecified atom stereocenters. The van der Waals surface area contributed by atoms with Gasteiger partial charge in [0.05, 0.1) is 17.4 Å². The zero-order valence-corrected chi connectivity index (χ0v) is 43.3. The van der Waals surface area contributed by atoms with Crippen molar-refractivity contribution in [2.24, 2.45) is 14.1 Å². The molecule has 0 saturated carbocycles. The van der Waals surface area contributed by atoms with Crippen LogP contribution in [0.3, 0.4) is 0 Å². The number of hydrogen-bond acceptors (Lipinski definition) is 8. The number of halogens is 3. The van der Waals surface area contributed by atoms with Crippen LogP contribution in [0.25, 0.3) is 33.2 Å². The average molecular weight is 1100 g/mol. The third-order valence-electron chi connectivity index (χ3n) is 10.0. The topological polar surface area (TPSA) is 108 Å². The largest absolute Gasteiger partial charge is 0.498 e. The Bertz CT molecular complexity index is 2280. The Balaban J connectivity index is 0.000000243. The highest BCUT2D eigenvalue weighted by Crippen LogP contribution is 2.36. The number of hydrogen-bond donors (Lipinski definition) is 0. The summed E-state index contributed by atoms with van der Waals surface area (Å²) in [4.78, 5) is 9.05. The Morgan fingerprint density at radius 2 is 1.15 bits per heavy atom. The molecule has 1 aliphatic rings. The average Bonchev–Trinajstić information content (AvgIpc) is 3.93. The monoisotopic (exact) mass is 1100 g/mol. The minimum Gasteiger partial charge on any atom is -0.399 e. The highest BCUT2D eigenvalue weighted by Gasteiger charge is 2.52. The van der Waals surface area contributed by atoms with E-state index < -0.39 is 16.1 Å². The van der Waals surface area contributed by atoms with Crippen LogP contribution >= 0.6 is 54.5 Å². The van der Waals surface area contributed by atoms with E-state index in [2.05, 4.69) is 148 Å². The first-order chi connectivity index (χ1) is 27.0. The normalized spacial score (nSPS) is 14.6. The Labute approximate surface area is 391 Å². The molecule has 6 aromatic rings. The Kier molecular flexibility index (Phi) is 18.7. The summed E-state index contributed by atoms with van der Waals surface area (Å²) in [7, 11) is 1.43. The van der Waals surface area contributed by atoms with Gasteiger partial charge >= 0.3 is 7.12 Å². The summed E-state index contributed by atoms with van der Waals surface area (Å²) < 4.78 is 34.4. The predicted octanol–water partition coefficient (Wildman–Crippen LogP) is 11.2. The van der Waals surface area contributed by atoms with Gasteiger partial charge < -0.3 is 27.9 Å². The fraction of sp³-hybridized carbons (Fsp3) is 0.524. The summed E-state index contributed by atoms with van der Waals surface area (Å²) in [5.41, 5.74) is 4.53. The minimum absolute atomic E-state index is 0. The van der Waals surface area contributed by atoms with Gasteiger partial charge in [0.25, 0.3) is 0 Å². The van der Waals surface area contributed by atoms with Crippen molar-refractivity contribution in [3.05, 3.63) is 74.2 Å². The van der Waals surface area contributed by atoms with Crippen LogP contribution in [-0.4, -0.2) is 86.3 Å². The number of aromatic nitrogens is 8. The molecule has 0 radical (unpaired) electrons. The van der Waals surface area contributed by atoms with Crippen molar-refractivity contribution in [1.82, 2.24) is 38.7 Å². The lowest BCUT2D eigenvalue weighted by molar-refractivity contribution is 0.00578. The molecule has 0 amide bonds. The second-order valence-electron chi connectivity index (χ2n) is 18.1. The summed E-state index contributed by atoms with van der Waals surface area (Å²) >= 11 is 9.32. The van der Waals surface area contributed by atoms with Crippen LogP contribution in [0.15, 0.2) is 70.7 Å².